The zero-order valence-corrected chi connectivity index (χ0v) is 32.9. The van der Waals surface area contributed by atoms with Gasteiger partial charge in [0.15, 0.2) is 5.60 Å². The second-order valence-corrected chi connectivity index (χ2v) is 15.4. The van der Waals surface area contributed by atoms with Crippen molar-refractivity contribution in [3.05, 3.63) is 82.6 Å². The summed E-state index contributed by atoms with van der Waals surface area (Å²) in [7, 11) is 0. The van der Waals surface area contributed by atoms with Crippen LogP contribution in [0.5, 0.6) is 0 Å². The van der Waals surface area contributed by atoms with E-state index in [2.05, 4.69) is 67.1 Å². The first-order chi connectivity index (χ1) is 25.6. The van der Waals surface area contributed by atoms with Gasteiger partial charge < -0.3 is 28.2 Å². The third-order valence-electron chi connectivity index (χ3n) is 10.4. The zero-order valence-electron chi connectivity index (χ0n) is 32.1. The van der Waals surface area contributed by atoms with E-state index in [1.807, 2.05) is 12.1 Å². The van der Waals surface area contributed by atoms with E-state index < -0.39 is 11.6 Å². The van der Waals surface area contributed by atoms with Gasteiger partial charge in [-0.1, -0.05) is 79.6 Å². The number of carboxylic acid groups (broad SMARTS) is 1. The predicted molar refractivity (Wildman–Crippen MR) is 207 cm³/mol. The van der Waals surface area contributed by atoms with E-state index in [9.17, 15) is 9.90 Å². The highest BCUT2D eigenvalue weighted by Crippen LogP contribution is 2.37. The van der Waals surface area contributed by atoms with Gasteiger partial charge >= 0.3 is 5.97 Å². The monoisotopic (exact) mass is 748 g/mol. The average Bonchev–Trinajstić information content (AvgIpc) is 3.79. The van der Waals surface area contributed by atoms with Crippen molar-refractivity contribution < 1.29 is 32.9 Å². The summed E-state index contributed by atoms with van der Waals surface area (Å²) < 4.78 is 29.2. The molecule has 2 fully saturated rings. The molecule has 2 atom stereocenters. The van der Waals surface area contributed by atoms with Crippen LogP contribution in [0, 0.1) is 25.7 Å². The van der Waals surface area contributed by atoms with Crippen LogP contribution in [0.25, 0.3) is 22.9 Å². The summed E-state index contributed by atoms with van der Waals surface area (Å²) in [5.74, 6) is 3.60. The first kappa shape index (κ1) is 40.7. The van der Waals surface area contributed by atoms with Crippen LogP contribution in [0.3, 0.4) is 0 Å². The SMILES string of the molecule is CCc1oc(-c2ccc(C)cc2)nc1COC[C@H]1CCC[C@@H](COC(C)(C)C(=O)O)C1.Cc1ccc(-c2nc(COCCl)c(C3CCCCC3)o2)cc1. The van der Waals surface area contributed by atoms with Crippen molar-refractivity contribution in [2.24, 2.45) is 11.8 Å². The lowest BCUT2D eigenvalue weighted by Gasteiger charge is -2.31. The first-order valence-corrected chi connectivity index (χ1v) is 19.8. The molecule has 9 nitrogen and oxygen atoms in total. The Hall–Kier alpha value is -3.50. The van der Waals surface area contributed by atoms with E-state index in [1.165, 1.54) is 43.2 Å². The van der Waals surface area contributed by atoms with Gasteiger partial charge in [0.25, 0.3) is 0 Å². The fourth-order valence-electron chi connectivity index (χ4n) is 7.11. The number of carbonyl (C=O) groups is 1. The van der Waals surface area contributed by atoms with Crippen LogP contribution < -0.4 is 0 Å². The molecule has 288 valence electrons. The van der Waals surface area contributed by atoms with Crippen molar-refractivity contribution in [2.75, 3.05) is 19.3 Å². The molecule has 53 heavy (non-hydrogen) atoms. The van der Waals surface area contributed by atoms with Crippen molar-refractivity contribution in [3.8, 4) is 22.9 Å². The maximum Gasteiger partial charge on any atom is 0.335 e. The Morgan fingerprint density at radius 2 is 1.36 bits per heavy atom. The lowest BCUT2D eigenvalue weighted by molar-refractivity contribution is -0.163. The molecule has 2 aliphatic carbocycles. The van der Waals surface area contributed by atoms with Gasteiger partial charge in [-0.05, 0) is 95.9 Å². The molecular formula is C43H57ClN2O7. The molecule has 1 N–H and O–H groups in total. The van der Waals surface area contributed by atoms with Crippen molar-refractivity contribution in [2.45, 2.75) is 124 Å². The van der Waals surface area contributed by atoms with Crippen LogP contribution >= 0.6 is 11.6 Å². The Balaban J connectivity index is 0.000000216. The highest BCUT2D eigenvalue weighted by atomic mass is 35.5. The summed E-state index contributed by atoms with van der Waals surface area (Å²) in [4.78, 5) is 20.6. The molecule has 0 unspecified atom stereocenters. The van der Waals surface area contributed by atoms with E-state index in [0.717, 1.165) is 66.1 Å². The number of nitrogens with zero attached hydrogens (tertiary/aromatic N) is 2. The highest BCUT2D eigenvalue weighted by molar-refractivity contribution is 6.17. The molecule has 2 saturated carbocycles. The Bertz CT molecular complexity index is 1710. The molecule has 6 rings (SSSR count). The quantitative estimate of drug-likeness (QED) is 0.119. The molecule has 0 bridgehead atoms. The predicted octanol–water partition coefficient (Wildman–Crippen LogP) is 10.8. The van der Waals surface area contributed by atoms with E-state index in [4.69, 9.17) is 34.6 Å². The maximum absolute atomic E-state index is 11.2. The molecule has 4 aromatic rings. The van der Waals surface area contributed by atoms with Crippen molar-refractivity contribution in [3.63, 3.8) is 0 Å². The molecule has 10 heteroatoms. The number of oxazole rings is 2. The number of ether oxygens (including phenoxy) is 3. The maximum atomic E-state index is 11.2. The molecule has 2 heterocycles. The molecular weight excluding hydrogens is 692 g/mol. The average molecular weight is 749 g/mol. The van der Waals surface area contributed by atoms with Gasteiger partial charge in [-0.3, -0.25) is 0 Å². The van der Waals surface area contributed by atoms with Crippen LogP contribution in [0.4, 0.5) is 0 Å². The topological polar surface area (TPSA) is 117 Å². The Kier molecular flexibility index (Phi) is 15.1. The van der Waals surface area contributed by atoms with E-state index >= 15 is 0 Å². The van der Waals surface area contributed by atoms with Crippen LogP contribution in [0.1, 0.15) is 119 Å². The third kappa shape index (κ3) is 11.7. The normalized spacial score (nSPS) is 18.1. The highest BCUT2D eigenvalue weighted by Gasteiger charge is 2.31. The largest absolute Gasteiger partial charge is 0.479 e. The fraction of sp³-hybridized carbons (Fsp3) is 0.558. The van der Waals surface area contributed by atoms with E-state index in [1.54, 1.807) is 13.8 Å². The second-order valence-electron chi connectivity index (χ2n) is 15.1. The van der Waals surface area contributed by atoms with Crippen LogP contribution in [0.15, 0.2) is 57.4 Å². The number of halogens is 1. The first-order valence-electron chi connectivity index (χ1n) is 19.3. The third-order valence-corrected chi connectivity index (χ3v) is 10.5. The van der Waals surface area contributed by atoms with Gasteiger partial charge in [-0.2, -0.15) is 0 Å². The Morgan fingerprint density at radius 3 is 1.94 bits per heavy atom. The minimum atomic E-state index is -1.14. The summed E-state index contributed by atoms with van der Waals surface area (Å²) in [5, 5.41) is 9.22. The number of benzene rings is 2. The van der Waals surface area contributed by atoms with Crippen molar-refractivity contribution in [1.29, 1.82) is 0 Å². The van der Waals surface area contributed by atoms with E-state index in [0.29, 0.717) is 56.0 Å². The van der Waals surface area contributed by atoms with Crippen molar-refractivity contribution >= 4 is 17.6 Å². The molecule has 2 aromatic carbocycles. The summed E-state index contributed by atoms with van der Waals surface area (Å²) in [6, 6.07) is 16.6. The molecule has 2 aliphatic rings. The number of carboxylic acids is 1. The minimum absolute atomic E-state index is 0.177. The number of alkyl halides is 1. The zero-order chi connectivity index (χ0) is 37.8. The standard InChI is InChI=1S/C25H35NO5.C18H22ClNO2/c1-5-22-21(26-23(31-22)20-11-9-17(2)10-12-20)16-29-14-18-7-6-8-19(13-18)15-30-25(3,4)24(27)28;1-13-7-9-15(10-8-13)18-20-16(11-21-12-19)17(22-18)14-5-3-2-4-6-14/h9-12,18-19H,5-8,13-16H2,1-4H3,(H,27,28);7-10,14H,2-6,11-12H2,1H3/t18-,19+;/m0./s1. The van der Waals surface area contributed by atoms with Crippen molar-refractivity contribution in [1.82, 2.24) is 9.97 Å². The van der Waals surface area contributed by atoms with Gasteiger partial charge in [0.1, 0.15) is 29.0 Å². The van der Waals surface area contributed by atoms with E-state index in [-0.39, 0.29) is 6.07 Å². The number of hydrogen-bond acceptors (Lipinski definition) is 8. The molecule has 0 saturated heterocycles. The molecule has 0 amide bonds. The Labute approximate surface area is 319 Å². The van der Waals surface area contributed by atoms with Crippen LogP contribution in [-0.4, -0.2) is 45.9 Å². The molecule has 0 radical (unpaired) electrons. The van der Waals surface area contributed by atoms with Gasteiger partial charge in [-0.25, -0.2) is 14.8 Å². The summed E-state index contributed by atoms with van der Waals surface area (Å²) in [5.41, 5.74) is 5.07. The Morgan fingerprint density at radius 1 is 0.792 bits per heavy atom. The minimum Gasteiger partial charge on any atom is -0.479 e. The fourth-order valence-corrected chi connectivity index (χ4v) is 7.19. The van der Waals surface area contributed by atoms with Gasteiger partial charge in [0, 0.05) is 30.1 Å². The number of aryl methyl sites for hydroxylation is 3. The summed E-state index contributed by atoms with van der Waals surface area (Å²) >= 11 is 5.65. The summed E-state index contributed by atoms with van der Waals surface area (Å²) in [6.07, 6.45) is 11.3. The van der Waals surface area contributed by atoms with Gasteiger partial charge in [0.05, 0.1) is 19.8 Å². The molecule has 2 aromatic heterocycles. The smallest absolute Gasteiger partial charge is 0.335 e. The number of aliphatic carboxylic acids is 1. The number of aromatic nitrogens is 2. The van der Waals surface area contributed by atoms with Crippen LogP contribution in [0.2, 0.25) is 0 Å². The summed E-state index contributed by atoms with van der Waals surface area (Å²) in [6.45, 7) is 11.4. The second kappa shape index (κ2) is 19.7. The lowest BCUT2D eigenvalue weighted by Crippen LogP contribution is -2.37. The molecule has 0 spiro atoms. The van der Waals surface area contributed by atoms with Crippen LogP contribution in [-0.2, 0) is 38.6 Å². The van der Waals surface area contributed by atoms with Gasteiger partial charge in [-0.15, -0.1) is 0 Å². The van der Waals surface area contributed by atoms with Gasteiger partial charge in [0.2, 0.25) is 11.8 Å². The molecule has 0 aliphatic heterocycles. The number of rotatable bonds is 15. The number of hydrogen-bond donors (Lipinski definition) is 1. The lowest BCUT2D eigenvalue weighted by atomic mass is 9.82.